The third-order valence-corrected chi connectivity index (χ3v) is 9.95. The molecule has 0 spiro atoms. The molecule has 1 N–H and O–H groups in total. The molecule has 9 aromatic rings. The Morgan fingerprint density at radius 2 is 1.10 bits per heavy atom. The van der Waals surface area contributed by atoms with Crippen LogP contribution in [0.4, 0.5) is 0 Å². The molecule has 0 bridgehead atoms. The smallest absolute Gasteiger partial charge is 0.160 e. The highest BCUT2D eigenvalue weighted by molar-refractivity contribution is 6.25. The minimum absolute atomic E-state index is 0.365. The van der Waals surface area contributed by atoms with Gasteiger partial charge in [-0.2, -0.15) is 0 Å². The van der Waals surface area contributed by atoms with Crippen molar-refractivity contribution < 1.29 is 4.42 Å². The topological polar surface area (TPSA) is 49.9 Å². The number of hydrogen-bond donors (Lipinski definition) is 1. The normalized spacial score (nSPS) is 14.5. The first kappa shape index (κ1) is 29.2. The number of aliphatic imine (C=N–C) groups is 2. The van der Waals surface area contributed by atoms with Crippen molar-refractivity contribution in [2.24, 2.45) is 9.98 Å². The van der Waals surface area contributed by atoms with Crippen molar-refractivity contribution in [3.05, 3.63) is 193 Å². The molecule has 1 aliphatic heterocycles. The average Bonchev–Trinajstić information content (AvgIpc) is 3.59. The maximum atomic E-state index is 6.49. The lowest BCUT2D eigenvalue weighted by Crippen LogP contribution is -2.33. The van der Waals surface area contributed by atoms with Crippen LogP contribution in [0.25, 0.3) is 65.7 Å². The maximum Gasteiger partial charge on any atom is 0.160 e. The van der Waals surface area contributed by atoms with Gasteiger partial charge in [-0.3, -0.25) is 0 Å². The molecular formula is C47H31N3O. The third-order valence-electron chi connectivity index (χ3n) is 9.95. The van der Waals surface area contributed by atoms with Crippen LogP contribution >= 0.6 is 0 Å². The zero-order valence-electron chi connectivity index (χ0n) is 27.6. The van der Waals surface area contributed by atoms with Crippen molar-refractivity contribution in [1.82, 2.24) is 5.32 Å². The minimum Gasteiger partial charge on any atom is -0.456 e. The molecule has 4 nitrogen and oxygen atoms in total. The first-order valence-electron chi connectivity index (χ1n) is 17.3. The first-order chi connectivity index (χ1) is 25.3. The summed E-state index contributed by atoms with van der Waals surface area (Å²) in [6.07, 6.45) is -0.365. The monoisotopic (exact) mass is 653 g/mol. The van der Waals surface area contributed by atoms with Gasteiger partial charge in [0, 0.05) is 21.9 Å². The lowest BCUT2D eigenvalue weighted by Gasteiger charge is -2.25. The van der Waals surface area contributed by atoms with Crippen molar-refractivity contribution in [3.8, 4) is 22.3 Å². The number of benzene rings is 8. The molecule has 10 rings (SSSR count). The quantitative estimate of drug-likeness (QED) is 0.201. The summed E-state index contributed by atoms with van der Waals surface area (Å²) in [7, 11) is 0. The Kier molecular flexibility index (Phi) is 6.85. The van der Waals surface area contributed by atoms with Gasteiger partial charge < -0.3 is 9.73 Å². The molecular weight excluding hydrogens is 623 g/mol. The fourth-order valence-electron chi connectivity index (χ4n) is 7.53. The molecule has 0 radical (unpaired) electrons. The largest absolute Gasteiger partial charge is 0.456 e. The van der Waals surface area contributed by atoms with E-state index in [-0.39, 0.29) is 6.17 Å². The number of para-hydroxylation sites is 1. The highest BCUT2D eigenvalue weighted by Crippen LogP contribution is 2.42. The van der Waals surface area contributed by atoms with Crippen molar-refractivity contribution in [2.45, 2.75) is 6.17 Å². The Morgan fingerprint density at radius 1 is 0.471 bits per heavy atom. The molecule has 1 atom stereocenters. The van der Waals surface area contributed by atoms with Gasteiger partial charge >= 0.3 is 0 Å². The zero-order chi connectivity index (χ0) is 33.7. The molecule has 0 saturated heterocycles. The molecule has 1 aromatic heterocycles. The summed E-state index contributed by atoms with van der Waals surface area (Å²) >= 11 is 0. The van der Waals surface area contributed by atoms with Gasteiger partial charge in [-0.15, -0.1) is 0 Å². The Morgan fingerprint density at radius 3 is 1.90 bits per heavy atom. The molecule has 0 amide bonds. The second-order valence-electron chi connectivity index (χ2n) is 13.0. The molecule has 1 unspecified atom stereocenters. The Bertz CT molecular complexity index is 2830. The summed E-state index contributed by atoms with van der Waals surface area (Å²) in [5.74, 6) is 1.44. The van der Waals surface area contributed by atoms with E-state index in [9.17, 15) is 0 Å². The highest BCUT2D eigenvalue weighted by Gasteiger charge is 2.27. The van der Waals surface area contributed by atoms with E-state index in [0.29, 0.717) is 5.84 Å². The highest BCUT2D eigenvalue weighted by atomic mass is 16.3. The maximum absolute atomic E-state index is 6.49. The summed E-state index contributed by atoms with van der Waals surface area (Å²) in [5.41, 5.74) is 9.23. The van der Waals surface area contributed by atoms with Gasteiger partial charge in [-0.1, -0.05) is 152 Å². The fraction of sp³-hybridized carbons (Fsp3) is 0.0213. The van der Waals surface area contributed by atoms with Crippen LogP contribution < -0.4 is 5.32 Å². The van der Waals surface area contributed by atoms with E-state index in [1.807, 2.05) is 30.3 Å². The molecule has 4 heteroatoms. The SMILES string of the molecule is c1ccc(C2=NC(c3c(-c4ccc(-c5ccccc5)c5ccccc45)ccc4oc5ccccc5c34)=NC(c3ccc4ccccc4c3)N2)cc1. The molecule has 1 aliphatic rings. The number of nitrogens with one attached hydrogen (secondary N) is 1. The number of fused-ring (bicyclic) bond motifs is 5. The molecule has 2 heterocycles. The van der Waals surface area contributed by atoms with Gasteiger partial charge in [0.15, 0.2) is 5.84 Å². The summed E-state index contributed by atoms with van der Waals surface area (Å²) in [6.45, 7) is 0. The molecule has 0 aliphatic carbocycles. The number of furan rings is 1. The predicted octanol–water partition coefficient (Wildman–Crippen LogP) is 11.7. The van der Waals surface area contributed by atoms with Crippen molar-refractivity contribution in [3.63, 3.8) is 0 Å². The standard InChI is InChI=1S/C47H31N3O/c1-3-14-31(15-4-1)35-25-26-38(37-20-10-9-19-36(35)37)39-27-28-42-43(40-21-11-12-22-41(40)51-42)44(39)47-49-45(32-16-5-2-6-17-32)48-46(50-47)34-24-23-30-13-7-8-18-33(30)29-34/h1-29,46H,(H,48,49,50). The first-order valence-corrected chi connectivity index (χ1v) is 17.3. The summed E-state index contributed by atoms with van der Waals surface area (Å²) < 4.78 is 6.49. The second kappa shape index (κ2) is 12.0. The lowest BCUT2D eigenvalue weighted by atomic mass is 9.88. The van der Waals surface area contributed by atoms with Gasteiger partial charge in [-0.25, -0.2) is 9.98 Å². The lowest BCUT2D eigenvalue weighted by molar-refractivity contribution is 0.668. The van der Waals surface area contributed by atoms with Crippen molar-refractivity contribution >= 4 is 55.2 Å². The Balaban J connectivity index is 1.27. The van der Waals surface area contributed by atoms with Crippen LogP contribution in [-0.2, 0) is 0 Å². The number of nitrogens with zero attached hydrogens (tertiary/aromatic N) is 2. The van der Waals surface area contributed by atoms with Crippen molar-refractivity contribution in [2.75, 3.05) is 0 Å². The molecule has 240 valence electrons. The summed E-state index contributed by atoms with van der Waals surface area (Å²) in [5, 5.41) is 10.5. The van der Waals surface area contributed by atoms with Crippen molar-refractivity contribution in [1.29, 1.82) is 0 Å². The average molecular weight is 654 g/mol. The third kappa shape index (κ3) is 5.00. The number of rotatable bonds is 5. The van der Waals surface area contributed by atoms with Crippen LogP contribution in [0.5, 0.6) is 0 Å². The van der Waals surface area contributed by atoms with Crippen LogP contribution in [0, 0.1) is 0 Å². The number of amidine groups is 2. The van der Waals surface area contributed by atoms with E-state index < -0.39 is 0 Å². The van der Waals surface area contributed by atoms with Crippen LogP contribution in [0.1, 0.15) is 22.9 Å². The number of hydrogen-bond acceptors (Lipinski definition) is 4. The molecule has 0 fully saturated rings. The summed E-state index contributed by atoms with van der Waals surface area (Å²) in [4.78, 5) is 10.8. The Labute approximate surface area is 295 Å². The van der Waals surface area contributed by atoms with E-state index in [4.69, 9.17) is 14.4 Å². The van der Waals surface area contributed by atoms with Gasteiger partial charge in [0.1, 0.15) is 23.2 Å². The van der Waals surface area contributed by atoms with Crippen LogP contribution in [-0.4, -0.2) is 11.7 Å². The predicted molar refractivity (Wildman–Crippen MR) is 211 cm³/mol. The molecule has 8 aromatic carbocycles. The van der Waals surface area contributed by atoms with Crippen LogP contribution in [0.15, 0.2) is 190 Å². The van der Waals surface area contributed by atoms with E-state index >= 15 is 0 Å². The van der Waals surface area contributed by atoms with Gasteiger partial charge in [0.2, 0.25) is 0 Å². The molecule has 0 saturated carbocycles. The van der Waals surface area contributed by atoms with Crippen LogP contribution in [0.3, 0.4) is 0 Å². The van der Waals surface area contributed by atoms with Gasteiger partial charge in [-0.05, 0) is 73.6 Å². The van der Waals surface area contributed by atoms with Crippen LogP contribution in [0.2, 0.25) is 0 Å². The fourth-order valence-corrected chi connectivity index (χ4v) is 7.53. The summed E-state index contributed by atoms with van der Waals surface area (Å²) in [6, 6.07) is 61.6. The zero-order valence-corrected chi connectivity index (χ0v) is 27.6. The van der Waals surface area contributed by atoms with E-state index in [1.165, 1.54) is 32.7 Å². The van der Waals surface area contributed by atoms with E-state index in [2.05, 4.69) is 151 Å². The second-order valence-corrected chi connectivity index (χ2v) is 13.0. The van der Waals surface area contributed by atoms with Gasteiger partial charge in [0.25, 0.3) is 0 Å². The molecule has 51 heavy (non-hydrogen) atoms. The van der Waals surface area contributed by atoms with E-state index in [0.717, 1.165) is 55.6 Å². The Hall–Kier alpha value is -6.78. The van der Waals surface area contributed by atoms with Gasteiger partial charge in [0.05, 0.1) is 0 Å². The minimum atomic E-state index is -0.365. The van der Waals surface area contributed by atoms with E-state index in [1.54, 1.807) is 0 Å².